The van der Waals surface area contributed by atoms with Crippen molar-refractivity contribution in [2.75, 3.05) is 11.1 Å². The van der Waals surface area contributed by atoms with E-state index in [9.17, 15) is 15.3 Å². The molecule has 0 saturated heterocycles. The first-order chi connectivity index (χ1) is 17.8. The molecule has 3 N–H and O–H groups in total. The fourth-order valence-electron chi connectivity index (χ4n) is 4.76. The minimum Gasteiger partial charge on any atom is -0.383 e. The molecule has 1 aliphatic rings. The van der Waals surface area contributed by atoms with Crippen molar-refractivity contribution in [2.45, 2.75) is 20.4 Å². The molecule has 0 saturated carbocycles. The van der Waals surface area contributed by atoms with Crippen LogP contribution in [0.2, 0.25) is 5.02 Å². The van der Waals surface area contributed by atoms with Gasteiger partial charge in [-0.3, -0.25) is 4.79 Å². The van der Waals surface area contributed by atoms with Crippen molar-refractivity contribution in [3.63, 3.8) is 0 Å². The largest absolute Gasteiger partial charge is 0.383 e. The number of hydrogen-bond acceptors (Lipinski definition) is 5. The van der Waals surface area contributed by atoms with Gasteiger partial charge in [-0.1, -0.05) is 29.8 Å². The fourth-order valence-corrected chi connectivity index (χ4v) is 4.89. The third-order valence-corrected chi connectivity index (χ3v) is 6.80. The van der Waals surface area contributed by atoms with Crippen LogP contribution in [0.15, 0.2) is 60.3 Å². The number of allylic oxidation sites excluding steroid dienone is 3. The number of para-hydroxylation sites is 1. The smallest absolute Gasteiger partial charge is 0.244 e. The first-order valence-electron chi connectivity index (χ1n) is 11.5. The van der Waals surface area contributed by atoms with Crippen LogP contribution in [-0.2, 0) is 11.3 Å². The van der Waals surface area contributed by atoms with Crippen LogP contribution in [0, 0.1) is 29.6 Å². The lowest BCUT2D eigenvalue weighted by Crippen LogP contribution is -2.18. The Labute approximate surface area is 218 Å². The maximum absolute atomic E-state index is 12.8. The summed E-state index contributed by atoms with van der Waals surface area (Å²) in [6, 6.07) is 19.1. The number of nitrogens with one attached hydrogen (secondary N) is 1. The zero-order valence-corrected chi connectivity index (χ0v) is 20.9. The molecule has 0 unspecified atom stereocenters. The zero-order chi connectivity index (χ0) is 26.3. The van der Waals surface area contributed by atoms with Crippen LogP contribution >= 0.6 is 11.6 Å². The average molecular weight is 505 g/mol. The van der Waals surface area contributed by atoms with E-state index >= 15 is 0 Å². The van der Waals surface area contributed by atoms with Gasteiger partial charge < -0.3 is 15.6 Å². The lowest BCUT2D eigenvalue weighted by Gasteiger charge is -2.10. The summed E-state index contributed by atoms with van der Waals surface area (Å²) >= 11 is 5.94. The van der Waals surface area contributed by atoms with E-state index in [0.717, 1.165) is 33.2 Å². The van der Waals surface area contributed by atoms with Crippen LogP contribution < -0.4 is 11.1 Å². The van der Waals surface area contributed by atoms with Crippen LogP contribution in [0.5, 0.6) is 0 Å². The third-order valence-electron chi connectivity index (χ3n) is 6.55. The number of benzene rings is 2. The lowest BCUT2D eigenvalue weighted by molar-refractivity contribution is -0.116. The first kappa shape index (κ1) is 23.9. The number of pyridine rings is 1. The van der Waals surface area contributed by atoms with Gasteiger partial charge in [0.15, 0.2) is 0 Å². The van der Waals surface area contributed by atoms with Crippen molar-refractivity contribution in [1.29, 1.82) is 10.5 Å². The number of nitrogens with two attached hydrogens (primary N) is 1. The van der Waals surface area contributed by atoms with Crippen LogP contribution in [0.1, 0.15) is 34.9 Å². The number of carbonyl (C=O) groups is 1. The molecule has 4 aromatic rings. The monoisotopic (exact) mass is 504 g/mol. The Balaban J connectivity index is 1.59. The highest BCUT2D eigenvalue weighted by molar-refractivity contribution is 6.30. The summed E-state index contributed by atoms with van der Waals surface area (Å²) in [6.45, 7) is 3.80. The molecule has 0 radical (unpaired) electrons. The fraction of sp³-hybridized carbons (Fsp3) is 0.103. The van der Waals surface area contributed by atoms with Gasteiger partial charge >= 0.3 is 0 Å². The Bertz CT molecular complexity index is 1750. The molecule has 8 heteroatoms. The molecule has 7 nitrogen and oxygen atoms in total. The summed E-state index contributed by atoms with van der Waals surface area (Å²) in [6.07, 6.45) is 3.90. The second-order valence-electron chi connectivity index (χ2n) is 8.79. The number of nitriles is 2. The summed E-state index contributed by atoms with van der Waals surface area (Å²) in [4.78, 5) is 17.2. The summed E-state index contributed by atoms with van der Waals surface area (Å²) < 4.78 is 1.89. The lowest BCUT2D eigenvalue weighted by atomic mass is 9.95. The van der Waals surface area contributed by atoms with E-state index in [4.69, 9.17) is 17.3 Å². The Morgan fingerprint density at radius 1 is 1.14 bits per heavy atom. The number of hydrogen-bond donors (Lipinski definition) is 2. The molecule has 180 valence electrons. The summed E-state index contributed by atoms with van der Waals surface area (Å²) in [5.74, 6) is -0.0608. The van der Waals surface area contributed by atoms with E-state index in [1.54, 1.807) is 24.3 Å². The van der Waals surface area contributed by atoms with Crippen molar-refractivity contribution >= 4 is 57.1 Å². The van der Waals surface area contributed by atoms with Gasteiger partial charge in [0.25, 0.3) is 0 Å². The topological polar surface area (TPSA) is 121 Å². The van der Waals surface area contributed by atoms with Crippen molar-refractivity contribution in [3.8, 4) is 12.1 Å². The molecule has 1 amide bonds. The van der Waals surface area contributed by atoms with Crippen LogP contribution in [0.3, 0.4) is 0 Å². The Hall–Kier alpha value is -4.85. The van der Waals surface area contributed by atoms with Crippen LogP contribution in [0.4, 0.5) is 11.5 Å². The maximum atomic E-state index is 12.8. The first-order valence-corrected chi connectivity index (χ1v) is 11.9. The number of nitrogen functional groups attached to an aromatic ring is 1. The van der Waals surface area contributed by atoms with Crippen LogP contribution in [-0.4, -0.2) is 15.5 Å². The highest BCUT2D eigenvalue weighted by atomic mass is 35.5. The minimum atomic E-state index is -0.175. The minimum absolute atomic E-state index is 0.108. The maximum Gasteiger partial charge on any atom is 0.244 e. The van der Waals surface area contributed by atoms with E-state index in [-0.39, 0.29) is 18.3 Å². The summed E-state index contributed by atoms with van der Waals surface area (Å²) in [7, 11) is 0. The SMILES string of the molecule is CC1=C(C#N)c2nc(N)c(C#N)c(C)c2C1=Cc1cn(CC(=O)Nc2ccc(Cl)cc2)c2ccccc12. The van der Waals surface area contributed by atoms with Gasteiger partial charge in [-0.15, -0.1) is 0 Å². The molecule has 0 fully saturated rings. The number of anilines is 2. The Kier molecular flexibility index (Phi) is 6.01. The average Bonchev–Trinajstić information content (AvgIpc) is 3.35. The summed E-state index contributed by atoms with van der Waals surface area (Å²) in [5.41, 5.74) is 12.7. The Morgan fingerprint density at radius 2 is 1.86 bits per heavy atom. The molecule has 2 aromatic heterocycles. The predicted molar refractivity (Wildman–Crippen MR) is 146 cm³/mol. The van der Waals surface area contributed by atoms with E-state index in [1.807, 2.05) is 55.0 Å². The van der Waals surface area contributed by atoms with Crippen molar-refractivity contribution in [1.82, 2.24) is 9.55 Å². The predicted octanol–water partition coefficient (Wildman–Crippen LogP) is 5.94. The van der Waals surface area contributed by atoms with E-state index < -0.39 is 0 Å². The molecule has 5 rings (SSSR count). The highest BCUT2D eigenvalue weighted by Crippen LogP contribution is 2.44. The molecule has 37 heavy (non-hydrogen) atoms. The number of rotatable bonds is 4. The number of aromatic nitrogens is 2. The van der Waals surface area contributed by atoms with E-state index in [0.29, 0.717) is 33.1 Å². The third kappa shape index (κ3) is 4.12. The van der Waals surface area contributed by atoms with E-state index in [2.05, 4.69) is 22.4 Å². The molecule has 0 aliphatic heterocycles. The van der Waals surface area contributed by atoms with Gasteiger partial charge in [-0.05, 0) is 67.0 Å². The van der Waals surface area contributed by atoms with Gasteiger partial charge in [0.2, 0.25) is 5.91 Å². The highest BCUT2D eigenvalue weighted by Gasteiger charge is 2.30. The van der Waals surface area contributed by atoms with Crippen LogP contribution in [0.25, 0.3) is 28.1 Å². The molecule has 2 heterocycles. The van der Waals surface area contributed by atoms with Crippen molar-refractivity contribution < 1.29 is 4.79 Å². The summed E-state index contributed by atoms with van der Waals surface area (Å²) in [5, 5.41) is 23.9. The molecule has 0 atom stereocenters. The normalized spacial score (nSPS) is 13.5. The second kappa shape index (κ2) is 9.31. The molecule has 0 bridgehead atoms. The molecular formula is C29H21ClN6O. The van der Waals surface area contributed by atoms with Gasteiger partial charge in [0, 0.05) is 38.9 Å². The number of carbonyl (C=O) groups excluding carboxylic acids is 1. The number of nitrogens with zero attached hydrogens (tertiary/aromatic N) is 4. The van der Waals surface area contributed by atoms with Gasteiger partial charge in [0.1, 0.15) is 24.5 Å². The number of amides is 1. The molecular weight excluding hydrogens is 484 g/mol. The van der Waals surface area contributed by atoms with Crippen molar-refractivity contribution in [3.05, 3.63) is 93.3 Å². The van der Waals surface area contributed by atoms with Gasteiger partial charge in [-0.2, -0.15) is 10.5 Å². The molecule has 2 aromatic carbocycles. The number of halogens is 1. The van der Waals surface area contributed by atoms with E-state index in [1.165, 1.54) is 0 Å². The van der Waals surface area contributed by atoms with Crippen molar-refractivity contribution in [2.24, 2.45) is 0 Å². The standard InChI is InChI=1S/C29H21ClN6O/c1-16-22(27-17(2)24(13-32)29(33)35-28(27)23(16)12-31)11-18-14-36(25-6-4-3-5-21(18)25)15-26(37)34-20-9-7-19(30)8-10-20/h3-11,14H,15H2,1-2H3,(H2,33,35)(H,34,37). The van der Waals surface area contributed by atoms with Gasteiger partial charge in [-0.25, -0.2) is 4.98 Å². The quantitative estimate of drug-likeness (QED) is 0.356. The van der Waals surface area contributed by atoms with Gasteiger partial charge in [0.05, 0.1) is 16.8 Å². The Morgan fingerprint density at radius 3 is 2.57 bits per heavy atom. The molecule has 0 spiro atoms. The zero-order valence-electron chi connectivity index (χ0n) is 20.1. The molecule has 1 aliphatic carbocycles. The number of fused-ring (bicyclic) bond motifs is 2. The second-order valence-corrected chi connectivity index (χ2v) is 9.22.